The van der Waals surface area contributed by atoms with Crippen molar-refractivity contribution in [2.75, 3.05) is 19.5 Å². The van der Waals surface area contributed by atoms with Crippen LogP contribution in [0.3, 0.4) is 0 Å². The Morgan fingerprint density at radius 3 is 2.69 bits per heavy atom. The van der Waals surface area contributed by atoms with Crippen molar-refractivity contribution in [3.05, 3.63) is 23.8 Å². The van der Waals surface area contributed by atoms with Gasteiger partial charge in [-0.1, -0.05) is 19.9 Å². The van der Waals surface area contributed by atoms with Crippen molar-refractivity contribution in [2.45, 2.75) is 13.8 Å². The van der Waals surface area contributed by atoms with Crippen molar-refractivity contribution in [3.63, 3.8) is 0 Å². The largest absolute Gasteiger partial charge is 0.492 e. The van der Waals surface area contributed by atoms with Crippen LogP contribution in [0.15, 0.2) is 18.2 Å². The van der Waals surface area contributed by atoms with Crippen LogP contribution >= 0.6 is 0 Å². The molecule has 4 heteroatoms. The fourth-order valence-corrected chi connectivity index (χ4v) is 1.25. The quantitative estimate of drug-likeness (QED) is 0.627. The van der Waals surface area contributed by atoms with Crippen LogP contribution in [-0.2, 0) is 4.74 Å². The van der Waals surface area contributed by atoms with Gasteiger partial charge in [0.1, 0.15) is 11.3 Å². The van der Waals surface area contributed by atoms with Gasteiger partial charge in [0.15, 0.2) is 0 Å². The van der Waals surface area contributed by atoms with E-state index in [2.05, 4.69) is 4.74 Å². The van der Waals surface area contributed by atoms with E-state index in [9.17, 15) is 4.79 Å². The first-order chi connectivity index (χ1) is 7.56. The van der Waals surface area contributed by atoms with Crippen LogP contribution in [-0.4, -0.2) is 19.7 Å². The van der Waals surface area contributed by atoms with E-state index in [1.54, 1.807) is 18.2 Å². The summed E-state index contributed by atoms with van der Waals surface area (Å²) in [4.78, 5) is 11.5. The predicted molar refractivity (Wildman–Crippen MR) is 62.5 cm³/mol. The van der Waals surface area contributed by atoms with Crippen LogP contribution in [0.4, 0.5) is 5.69 Å². The van der Waals surface area contributed by atoms with Gasteiger partial charge in [0.2, 0.25) is 0 Å². The van der Waals surface area contributed by atoms with Crippen molar-refractivity contribution >= 4 is 11.7 Å². The molecule has 4 nitrogen and oxygen atoms in total. The van der Waals surface area contributed by atoms with E-state index in [1.165, 1.54) is 7.11 Å². The number of esters is 1. The number of benzene rings is 1. The highest BCUT2D eigenvalue weighted by molar-refractivity contribution is 5.98. The van der Waals surface area contributed by atoms with Crippen LogP contribution < -0.4 is 10.5 Å². The monoisotopic (exact) mass is 223 g/mol. The van der Waals surface area contributed by atoms with Crippen molar-refractivity contribution in [3.8, 4) is 5.75 Å². The lowest BCUT2D eigenvalue weighted by atomic mass is 10.1. The van der Waals surface area contributed by atoms with Crippen molar-refractivity contribution in [1.29, 1.82) is 0 Å². The molecule has 0 aliphatic rings. The molecule has 0 aliphatic carbocycles. The minimum absolute atomic E-state index is 0.297. The summed E-state index contributed by atoms with van der Waals surface area (Å²) >= 11 is 0. The van der Waals surface area contributed by atoms with Crippen molar-refractivity contribution in [1.82, 2.24) is 0 Å². The molecule has 0 aromatic heterocycles. The third-order valence-corrected chi connectivity index (χ3v) is 2.02. The molecule has 0 amide bonds. The Hall–Kier alpha value is -1.71. The maximum absolute atomic E-state index is 11.5. The highest BCUT2D eigenvalue weighted by Crippen LogP contribution is 2.25. The molecule has 0 saturated heterocycles. The summed E-state index contributed by atoms with van der Waals surface area (Å²) < 4.78 is 10.2. The van der Waals surface area contributed by atoms with Crippen LogP contribution in [0.25, 0.3) is 0 Å². The molecule has 1 aromatic carbocycles. The molecular weight excluding hydrogens is 206 g/mol. The lowest BCUT2D eigenvalue weighted by Crippen LogP contribution is -2.11. The zero-order chi connectivity index (χ0) is 12.1. The second-order valence-electron chi connectivity index (χ2n) is 3.92. The number of methoxy groups -OCH3 is 1. The summed E-state index contributed by atoms with van der Waals surface area (Å²) in [6.45, 7) is 4.60. The van der Waals surface area contributed by atoms with Crippen LogP contribution in [0.1, 0.15) is 24.2 Å². The molecule has 0 heterocycles. The lowest BCUT2D eigenvalue weighted by molar-refractivity contribution is 0.0596. The molecule has 1 aromatic rings. The predicted octanol–water partition coefficient (Wildman–Crippen LogP) is 2.09. The maximum atomic E-state index is 11.5. The first kappa shape index (κ1) is 12.4. The zero-order valence-corrected chi connectivity index (χ0v) is 9.82. The van der Waals surface area contributed by atoms with Gasteiger partial charge in [-0.15, -0.1) is 0 Å². The molecule has 2 N–H and O–H groups in total. The molecule has 0 aliphatic heterocycles. The summed E-state index contributed by atoms with van der Waals surface area (Å²) in [5.41, 5.74) is 6.39. The molecule has 16 heavy (non-hydrogen) atoms. The standard InChI is InChI=1S/C12H17NO3/c1-8(2)7-16-10-6-4-5-9(13)11(10)12(14)15-3/h4-6,8H,7,13H2,1-3H3. The smallest absolute Gasteiger partial charge is 0.343 e. The Kier molecular flexibility index (Phi) is 4.17. The van der Waals surface area contributed by atoms with E-state index in [1.807, 2.05) is 13.8 Å². The zero-order valence-electron chi connectivity index (χ0n) is 9.82. The van der Waals surface area contributed by atoms with Gasteiger partial charge in [-0.3, -0.25) is 0 Å². The van der Waals surface area contributed by atoms with Gasteiger partial charge >= 0.3 is 5.97 Å². The molecule has 0 radical (unpaired) electrons. The van der Waals surface area contributed by atoms with Gasteiger partial charge in [-0.05, 0) is 18.1 Å². The Morgan fingerprint density at radius 2 is 2.12 bits per heavy atom. The van der Waals surface area contributed by atoms with Gasteiger partial charge in [0.05, 0.1) is 13.7 Å². The number of carbonyl (C=O) groups excluding carboxylic acids is 1. The van der Waals surface area contributed by atoms with Crippen molar-refractivity contribution in [2.24, 2.45) is 5.92 Å². The van der Waals surface area contributed by atoms with E-state index in [0.29, 0.717) is 29.5 Å². The number of ether oxygens (including phenoxy) is 2. The van der Waals surface area contributed by atoms with E-state index in [0.717, 1.165) is 0 Å². The number of hydrogen-bond donors (Lipinski definition) is 1. The summed E-state index contributed by atoms with van der Waals surface area (Å²) in [7, 11) is 1.32. The molecule has 1 rings (SSSR count). The average molecular weight is 223 g/mol. The third-order valence-electron chi connectivity index (χ3n) is 2.02. The van der Waals surface area contributed by atoms with Crippen LogP contribution in [0.2, 0.25) is 0 Å². The van der Waals surface area contributed by atoms with Crippen LogP contribution in [0.5, 0.6) is 5.75 Å². The maximum Gasteiger partial charge on any atom is 0.343 e. The molecular formula is C12H17NO3. The number of anilines is 1. The number of nitrogens with two attached hydrogens (primary N) is 1. The fourth-order valence-electron chi connectivity index (χ4n) is 1.25. The normalized spacial score (nSPS) is 10.2. The summed E-state index contributed by atoms with van der Waals surface area (Å²) in [5, 5.41) is 0. The molecule has 0 bridgehead atoms. The molecule has 0 unspecified atom stereocenters. The van der Waals surface area contributed by atoms with Gasteiger partial charge in [-0.25, -0.2) is 4.79 Å². The number of carbonyl (C=O) groups is 1. The molecule has 88 valence electrons. The summed E-state index contributed by atoms with van der Waals surface area (Å²) in [5.74, 6) is 0.379. The summed E-state index contributed by atoms with van der Waals surface area (Å²) in [6.07, 6.45) is 0. The van der Waals surface area contributed by atoms with Gasteiger partial charge in [-0.2, -0.15) is 0 Å². The summed E-state index contributed by atoms with van der Waals surface area (Å²) in [6, 6.07) is 5.11. The SMILES string of the molecule is COC(=O)c1c(N)cccc1OCC(C)C. The van der Waals surface area contributed by atoms with Crippen LogP contribution in [0, 0.1) is 5.92 Å². The Balaban J connectivity index is 2.98. The van der Waals surface area contributed by atoms with Gasteiger partial charge < -0.3 is 15.2 Å². The van der Waals surface area contributed by atoms with Gasteiger partial charge in [0.25, 0.3) is 0 Å². The molecule has 0 fully saturated rings. The third kappa shape index (κ3) is 2.89. The van der Waals surface area contributed by atoms with E-state index in [-0.39, 0.29) is 0 Å². The Bertz CT molecular complexity index is 375. The minimum Gasteiger partial charge on any atom is -0.492 e. The van der Waals surface area contributed by atoms with E-state index in [4.69, 9.17) is 10.5 Å². The lowest BCUT2D eigenvalue weighted by Gasteiger charge is -2.13. The first-order valence-corrected chi connectivity index (χ1v) is 5.15. The second-order valence-corrected chi connectivity index (χ2v) is 3.92. The molecule has 0 spiro atoms. The highest BCUT2D eigenvalue weighted by atomic mass is 16.5. The van der Waals surface area contributed by atoms with Gasteiger partial charge in [0, 0.05) is 5.69 Å². The first-order valence-electron chi connectivity index (χ1n) is 5.15. The fraction of sp³-hybridized carbons (Fsp3) is 0.417. The number of rotatable bonds is 4. The Morgan fingerprint density at radius 1 is 1.44 bits per heavy atom. The van der Waals surface area contributed by atoms with E-state index < -0.39 is 5.97 Å². The Labute approximate surface area is 95.3 Å². The molecule has 0 atom stereocenters. The van der Waals surface area contributed by atoms with E-state index >= 15 is 0 Å². The highest BCUT2D eigenvalue weighted by Gasteiger charge is 2.16. The minimum atomic E-state index is -0.475. The van der Waals surface area contributed by atoms with Crippen molar-refractivity contribution < 1.29 is 14.3 Å². The molecule has 0 saturated carbocycles. The number of nitrogen functional groups attached to an aromatic ring is 1. The number of hydrogen-bond acceptors (Lipinski definition) is 4. The average Bonchev–Trinajstić information content (AvgIpc) is 2.25. The topological polar surface area (TPSA) is 61.5 Å². The second kappa shape index (κ2) is 5.39.